The average molecular weight is 284 g/mol. The third kappa shape index (κ3) is 2.21. The quantitative estimate of drug-likeness (QED) is 0.692. The van der Waals surface area contributed by atoms with E-state index in [0.717, 1.165) is 11.3 Å². The number of aromatic nitrogens is 3. The highest BCUT2D eigenvalue weighted by Crippen LogP contribution is 2.25. The van der Waals surface area contributed by atoms with Crippen LogP contribution in [0.15, 0.2) is 54.6 Å². The minimum absolute atomic E-state index is 0.302. The fourth-order valence-electron chi connectivity index (χ4n) is 2.00. The minimum atomic E-state index is 0.302. The van der Waals surface area contributed by atoms with Gasteiger partial charge in [-0.3, -0.25) is 4.79 Å². The number of rotatable bonds is 3. The summed E-state index contributed by atoms with van der Waals surface area (Å²) in [6.07, 6.45) is 0.705. The number of halogens is 1. The van der Waals surface area contributed by atoms with Crippen molar-refractivity contribution in [2.75, 3.05) is 0 Å². The van der Waals surface area contributed by atoms with Crippen molar-refractivity contribution in [3.8, 4) is 16.9 Å². The van der Waals surface area contributed by atoms with Gasteiger partial charge < -0.3 is 0 Å². The lowest BCUT2D eigenvalue weighted by atomic mass is 10.1. The summed E-state index contributed by atoms with van der Waals surface area (Å²) in [7, 11) is 0. The molecular formula is C15H10ClN3O. The lowest BCUT2D eigenvalue weighted by Gasteiger charge is -2.06. The molecule has 0 aliphatic heterocycles. The number of nitrogens with zero attached hydrogens (tertiary/aromatic N) is 3. The number of hydrogen-bond acceptors (Lipinski definition) is 3. The van der Waals surface area contributed by atoms with Crippen molar-refractivity contribution in [2.45, 2.75) is 0 Å². The maximum absolute atomic E-state index is 11.2. The molecule has 0 bridgehead atoms. The molecule has 98 valence electrons. The van der Waals surface area contributed by atoms with Crippen LogP contribution >= 0.6 is 11.6 Å². The highest BCUT2D eigenvalue weighted by atomic mass is 35.5. The summed E-state index contributed by atoms with van der Waals surface area (Å²) in [5, 5.41) is 8.62. The van der Waals surface area contributed by atoms with E-state index in [-0.39, 0.29) is 0 Å². The van der Waals surface area contributed by atoms with E-state index >= 15 is 0 Å². The Morgan fingerprint density at radius 1 is 1.00 bits per heavy atom. The van der Waals surface area contributed by atoms with Gasteiger partial charge in [-0.25, -0.2) is 4.68 Å². The van der Waals surface area contributed by atoms with Crippen molar-refractivity contribution in [3.63, 3.8) is 0 Å². The summed E-state index contributed by atoms with van der Waals surface area (Å²) in [5.41, 5.74) is 2.64. The number of carbonyl (C=O) groups is 1. The van der Waals surface area contributed by atoms with Crippen LogP contribution in [0, 0.1) is 0 Å². The van der Waals surface area contributed by atoms with Gasteiger partial charge in [0.2, 0.25) is 0 Å². The molecule has 0 fully saturated rings. The molecule has 0 saturated carbocycles. The maximum atomic E-state index is 11.2. The van der Waals surface area contributed by atoms with Crippen LogP contribution in [0.25, 0.3) is 16.9 Å². The van der Waals surface area contributed by atoms with Gasteiger partial charge in [-0.1, -0.05) is 47.1 Å². The van der Waals surface area contributed by atoms with Gasteiger partial charge in [0.1, 0.15) is 5.69 Å². The zero-order valence-corrected chi connectivity index (χ0v) is 11.2. The van der Waals surface area contributed by atoms with Gasteiger partial charge in [-0.15, -0.1) is 5.10 Å². The van der Waals surface area contributed by atoms with E-state index < -0.39 is 0 Å². The van der Waals surface area contributed by atoms with Gasteiger partial charge in [0, 0.05) is 10.6 Å². The minimum Gasteiger partial charge on any atom is -0.296 e. The molecule has 1 aromatic heterocycles. The number of aldehydes is 1. The van der Waals surface area contributed by atoms with Gasteiger partial charge in [0.25, 0.3) is 0 Å². The third-order valence-electron chi connectivity index (χ3n) is 2.93. The zero-order chi connectivity index (χ0) is 13.9. The Hall–Kier alpha value is -2.46. The van der Waals surface area contributed by atoms with Crippen LogP contribution in [0.1, 0.15) is 10.5 Å². The zero-order valence-electron chi connectivity index (χ0n) is 10.4. The molecule has 3 rings (SSSR count). The van der Waals surface area contributed by atoms with E-state index in [1.165, 1.54) is 0 Å². The molecule has 0 radical (unpaired) electrons. The number of para-hydroxylation sites is 1. The Bertz CT molecular complexity index is 736. The molecular weight excluding hydrogens is 274 g/mol. The number of carbonyl (C=O) groups excluding carboxylic acids is 1. The largest absolute Gasteiger partial charge is 0.296 e. The van der Waals surface area contributed by atoms with Crippen LogP contribution < -0.4 is 0 Å². The predicted octanol–water partition coefficient (Wildman–Crippen LogP) is 3.40. The predicted molar refractivity (Wildman–Crippen MR) is 77.2 cm³/mol. The van der Waals surface area contributed by atoms with Gasteiger partial charge in [-0.2, -0.15) is 0 Å². The molecule has 0 N–H and O–H groups in total. The van der Waals surface area contributed by atoms with Crippen LogP contribution in [0.4, 0.5) is 0 Å². The highest BCUT2D eigenvalue weighted by molar-refractivity contribution is 6.30. The van der Waals surface area contributed by atoms with E-state index in [9.17, 15) is 4.79 Å². The topological polar surface area (TPSA) is 47.8 Å². The number of hydrogen-bond donors (Lipinski definition) is 0. The molecule has 0 unspecified atom stereocenters. The normalized spacial score (nSPS) is 10.4. The smallest absolute Gasteiger partial charge is 0.172 e. The van der Waals surface area contributed by atoms with Crippen molar-refractivity contribution < 1.29 is 4.79 Å². The highest BCUT2D eigenvalue weighted by Gasteiger charge is 2.15. The van der Waals surface area contributed by atoms with Gasteiger partial charge in [0.15, 0.2) is 12.0 Å². The lowest BCUT2D eigenvalue weighted by molar-refractivity contribution is 0.111. The molecule has 0 aliphatic rings. The van der Waals surface area contributed by atoms with Crippen LogP contribution in [0.2, 0.25) is 5.02 Å². The van der Waals surface area contributed by atoms with Crippen LogP contribution in [0.5, 0.6) is 0 Å². The van der Waals surface area contributed by atoms with Crippen molar-refractivity contribution in [3.05, 3.63) is 65.3 Å². The third-order valence-corrected chi connectivity index (χ3v) is 3.18. The maximum Gasteiger partial charge on any atom is 0.172 e. The standard InChI is InChI=1S/C15H10ClN3O/c16-12-8-6-11(7-9-12)15-14(10-20)17-18-19(15)13-4-2-1-3-5-13/h1-10H. The Labute approximate surface area is 120 Å². The summed E-state index contributed by atoms with van der Waals surface area (Å²) in [6, 6.07) is 16.8. The van der Waals surface area contributed by atoms with Crippen LogP contribution in [0.3, 0.4) is 0 Å². The fraction of sp³-hybridized carbons (Fsp3) is 0. The van der Waals surface area contributed by atoms with Crippen LogP contribution in [-0.4, -0.2) is 21.3 Å². The van der Waals surface area contributed by atoms with E-state index in [1.807, 2.05) is 42.5 Å². The Balaban J connectivity index is 2.20. The summed E-state index contributed by atoms with van der Waals surface area (Å²) in [5.74, 6) is 0. The van der Waals surface area contributed by atoms with Gasteiger partial charge >= 0.3 is 0 Å². The summed E-state index contributed by atoms with van der Waals surface area (Å²) >= 11 is 5.90. The van der Waals surface area contributed by atoms with Crippen molar-refractivity contribution in [1.29, 1.82) is 0 Å². The summed E-state index contributed by atoms with van der Waals surface area (Å²) in [4.78, 5) is 11.2. The molecule has 0 aliphatic carbocycles. The lowest BCUT2D eigenvalue weighted by Crippen LogP contribution is -1.99. The molecule has 20 heavy (non-hydrogen) atoms. The summed E-state index contributed by atoms with van der Waals surface area (Å²) in [6.45, 7) is 0. The first-order chi connectivity index (χ1) is 9.79. The first-order valence-electron chi connectivity index (χ1n) is 6.02. The monoisotopic (exact) mass is 283 g/mol. The fourth-order valence-corrected chi connectivity index (χ4v) is 2.13. The van der Waals surface area contributed by atoms with Crippen LogP contribution in [-0.2, 0) is 0 Å². The Morgan fingerprint density at radius 2 is 1.70 bits per heavy atom. The first kappa shape index (κ1) is 12.6. The van der Waals surface area contributed by atoms with Crippen molar-refractivity contribution >= 4 is 17.9 Å². The van der Waals surface area contributed by atoms with E-state index in [4.69, 9.17) is 11.6 Å². The molecule has 5 heteroatoms. The SMILES string of the molecule is O=Cc1nnn(-c2ccccc2)c1-c1ccc(Cl)cc1. The first-order valence-corrected chi connectivity index (χ1v) is 6.39. The van der Waals surface area contributed by atoms with Crippen molar-refractivity contribution in [1.82, 2.24) is 15.0 Å². The van der Waals surface area contributed by atoms with E-state index in [0.29, 0.717) is 22.7 Å². The molecule has 0 atom stereocenters. The van der Waals surface area contributed by atoms with Crippen molar-refractivity contribution in [2.24, 2.45) is 0 Å². The molecule has 2 aromatic carbocycles. The molecule has 0 amide bonds. The molecule has 0 spiro atoms. The van der Waals surface area contributed by atoms with Gasteiger partial charge in [-0.05, 0) is 24.3 Å². The Morgan fingerprint density at radius 3 is 2.35 bits per heavy atom. The van der Waals surface area contributed by atoms with E-state index in [2.05, 4.69) is 10.3 Å². The van der Waals surface area contributed by atoms with E-state index in [1.54, 1.807) is 16.8 Å². The second-order valence-corrected chi connectivity index (χ2v) is 4.63. The second kappa shape index (κ2) is 5.27. The number of benzene rings is 2. The molecule has 0 saturated heterocycles. The Kier molecular flexibility index (Phi) is 3.31. The van der Waals surface area contributed by atoms with Gasteiger partial charge in [0.05, 0.1) is 5.69 Å². The average Bonchev–Trinajstić information content (AvgIpc) is 2.93. The summed E-state index contributed by atoms with van der Waals surface area (Å²) < 4.78 is 1.65. The molecule has 3 aromatic rings. The molecule has 4 nitrogen and oxygen atoms in total. The molecule has 1 heterocycles. The second-order valence-electron chi connectivity index (χ2n) is 4.20.